The second-order valence-electron chi connectivity index (χ2n) is 5.10. The van der Waals surface area contributed by atoms with Crippen molar-refractivity contribution < 1.29 is 29.2 Å². The van der Waals surface area contributed by atoms with Crippen molar-refractivity contribution in [2.75, 3.05) is 33.0 Å². The van der Waals surface area contributed by atoms with E-state index in [0.29, 0.717) is 44.7 Å². The Morgan fingerprint density at radius 3 is 2.18 bits per heavy atom. The van der Waals surface area contributed by atoms with Gasteiger partial charge in [-0.15, -0.1) is 0 Å². The molecular weight excluding hydrogens is 288 g/mol. The van der Waals surface area contributed by atoms with E-state index in [0.717, 1.165) is 19.3 Å². The summed E-state index contributed by atoms with van der Waals surface area (Å²) < 4.78 is 16.2. The average molecular weight is 318 g/mol. The second-order valence-corrected chi connectivity index (χ2v) is 5.10. The van der Waals surface area contributed by atoms with Crippen LogP contribution in [-0.2, 0) is 19.0 Å². The van der Waals surface area contributed by atoms with E-state index in [-0.39, 0.29) is 13.2 Å². The van der Waals surface area contributed by atoms with Gasteiger partial charge in [0.25, 0.3) is 0 Å². The molecule has 0 fully saturated rings. The van der Waals surface area contributed by atoms with E-state index in [4.69, 9.17) is 24.4 Å². The second kappa shape index (κ2) is 15.0. The molecule has 22 heavy (non-hydrogen) atoms. The largest absolute Gasteiger partial charge is 0.432 e. The Morgan fingerprint density at radius 2 is 1.59 bits per heavy atom. The van der Waals surface area contributed by atoms with Crippen molar-refractivity contribution in [3.63, 3.8) is 0 Å². The summed E-state index contributed by atoms with van der Waals surface area (Å²) in [6.07, 6.45) is 3.62. The van der Waals surface area contributed by atoms with Crippen LogP contribution in [0.15, 0.2) is 12.2 Å². The summed E-state index contributed by atoms with van der Waals surface area (Å²) in [5.41, 5.74) is 0.337. The molecule has 0 aromatic rings. The standard InChI is InChI=1S/C16H30O6/c1-14(2)16(19)22-15(21-13-6-4-10-18)8-7-12-20-11-5-3-9-17/h15,17-18H,1,3-13H2,2H3. The molecule has 0 aromatic carbocycles. The molecule has 6 heteroatoms. The van der Waals surface area contributed by atoms with Gasteiger partial charge in [-0.05, 0) is 39.0 Å². The van der Waals surface area contributed by atoms with Gasteiger partial charge in [0.05, 0.1) is 6.61 Å². The number of carbonyl (C=O) groups is 1. The molecule has 0 amide bonds. The summed E-state index contributed by atoms with van der Waals surface area (Å²) in [5.74, 6) is -0.462. The third-order valence-corrected chi connectivity index (χ3v) is 2.87. The minimum absolute atomic E-state index is 0.126. The Balaban J connectivity index is 3.90. The van der Waals surface area contributed by atoms with E-state index in [1.54, 1.807) is 6.92 Å². The number of rotatable bonds is 15. The highest BCUT2D eigenvalue weighted by Crippen LogP contribution is 2.09. The van der Waals surface area contributed by atoms with Crippen molar-refractivity contribution in [2.24, 2.45) is 0 Å². The van der Waals surface area contributed by atoms with Gasteiger partial charge in [-0.3, -0.25) is 0 Å². The Morgan fingerprint density at radius 1 is 1.00 bits per heavy atom. The predicted molar refractivity (Wildman–Crippen MR) is 83.3 cm³/mol. The van der Waals surface area contributed by atoms with E-state index >= 15 is 0 Å². The van der Waals surface area contributed by atoms with E-state index in [1.807, 2.05) is 0 Å². The molecule has 0 radical (unpaired) electrons. The Kier molecular flexibility index (Phi) is 14.3. The smallest absolute Gasteiger partial charge is 0.335 e. The summed E-state index contributed by atoms with van der Waals surface area (Å²) in [6.45, 7) is 7.07. The molecule has 0 aliphatic rings. The fraction of sp³-hybridized carbons (Fsp3) is 0.812. The summed E-state index contributed by atoms with van der Waals surface area (Å²) in [5, 5.41) is 17.4. The van der Waals surface area contributed by atoms with Crippen LogP contribution < -0.4 is 0 Å². The van der Waals surface area contributed by atoms with Crippen molar-refractivity contribution in [3.05, 3.63) is 12.2 Å². The van der Waals surface area contributed by atoms with Crippen LogP contribution in [-0.4, -0.2) is 55.5 Å². The number of aliphatic hydroxyl groups is 2. The minimum Gasteiger partial charge on any atom is -0.432 e. The molecule has 0 aliphatic carbocycles. The SMILES string of the molecule is C=C(C)C(=O)OC(CCCOCCCCO)OCCCCO. The van der Waals surface area contributed by atoms with Gasteiger partial charge in [0.1, 0.15) is 0 Å². The lowest BCUT2D eigenvalue weighted by atomic mass is 10.3. The Hall–Kier alpha value is -0.950. The summed E-state index contributed by atoms with van der Waals surface area (Å²) in [4.78, 5) is 11.6. The highest BCUT2D eigenvalue weighted by Gasteiger charge is 2.15. The number of aliphatic hydroxyl groups excluding tert-OH is 2. The maximum atomic E-state index is 11.6. The maximum Gasteiger partial charge on any atom is 0.335 e. The first kappa shape index (κ1) is 21.0. The zero-order valence-electron chi connectivity index (χ0n) is 13.6. The number of carbonyl (C=O) groups excluding carboxylic acids is 1. The van der Waals surface area contributed by atoms with E-state index in [2.05, 4.69) is 6.58 Å². The molecule has 0 heterocycles. The molecular formula is C16H30O6. The highest BCUT2D eigenvalue weighted by atomic mass is 16.7. The molecule has 0 bridgehead atoms. The molecule has 0 rings (SSSR count). The minimum atomic E-state index is -0.607. The zero-order chi connectivity index (χ0) is 16.6. The van der Waals surface area contributed by atoms with Crippen molar-refractivity contribution in [2.45, 2.75) is 51.7 Å². The summed E-state index contributed by atoms with van der Waals surface area (Å²) in [7, 11) is 0. The van der Waals surface area contributed by atoms with E-state index < -0.39 is 12.3 Å². The lowest BCUT2D eigenvalue weighted by Gasteiger charge is -2.18. The van der Waals surface area contributed by atoms with Crippen molar-refractivity contribution >= 4 is 5.97 Å². The summed E-state index contributed by atoms with van der Waals surface area (Å²) in [6, 6.07) is 0. The van der Waals surface area contributed by atoms with Crippen LogP contribution in [0.3, 0.4) is 0 Å². The predicted octanol–water partition coefficient (Wildman–Crippen LogP) is 1.79. The number of hydrogen-bond acceptors (Lipinski definition) is 6. The molecule has 1 unspecified atom stereocenters. The quantitative estimate of drug-likeness (QED) is 0.207. The van der Waals surface area contributed by atoms with Gasteiger partial charge in [-0.1, -0.05) is 6.58 Å². The maximum absolute atomic E-state index is 11.6. The first-order valence-electron chi connectivity index (χ1n) is 7.89. The normalized spacial score (nSPS) is 12.1. The Bertz CT molecular complexity index is 292. The van der Waals surface area contributed by atoms with Gasteiger partial charge in [-0.25, -0.2) is 4.79 Å². The van der Waals surface area contributed by atoms with Crippen LogP contribution in [0.2, 0.25) is 0 Å². The highest BCUT2D eigenvalue weighted by molar-refractivity contribution is 5.86. The fourth-order valence-corrected chi connectivity index (χ4v) is 1.59. The van der Waals surface area contributed by atoms with Gasteiger partial charge in [0.15, 0.2) is 0 Å². The van der Waals surface area contributed by atoms with Gasteiger partial charge < -0.3 is 24.4 Å². The third-order valence-electron chi connectivity index (χ3n) is 2.87. The summed E-state index contributed by atoms with van der Waals surface area (Å²) >= 11 is 0. The van der Waals surface area contributed by atoms with Crippen molar-refractivity contribution in [3.8, 4) is 0 Å². The fourth-order valence-electron chi connectivity index (χ4n) is 1.59. The van der Waals surface area contributed by atoms with Crippen LogP contribution in [0.4, 0.5) is 0 Å². The number of hydrogen-bond donors (Lipinski definition) is 2. The molecule has 0 aliphatic heterocycles. The van der Waals surface area contributed by atoms with Crippen LogP contribution in [0.1, 0.15) is 45.4 Å². The van der Waals surface area contributed by atoms with Crippen molar-refractivity contribution in [1.82, 2.24) is 0 Å². The lowest BCUT2D eigenvalue weighted by Crippen LogP contribution is -2.23. The van der Waals surface area contributed by atoms with Gasteiger partial charge in [-0.2, -0.15) is 0 Å². The van der Waals surface area contributed by atoms with E-state index in [9.17, 15) is 4.79 Å². The molecule has 0 spiro atoms. The zero-order valence-corrected chi connectivity index (χ0v) is 13.6. The van der Waals surface area contributed by atoms with Crippen molar-refractivity contribution in [1.29, 1.82) is 0 Å². The van der Waals surface area contributed by atoms with Gasteiger partial charge in [0, 0.05) is 38.4 Å². The molecule has 6 nitrogen and oxygen atoms in total. The molecule has 1 atom stereocenters. The van der Waals surface area contributed by atoms with Crippen LogP contribution >= 0.6 is 0 Å². The molecule has 130 valence electrons. The van der Waals surface area contributed by atoms with Gasteiger partial charge >= 0.3 is 5.97 Å². The number of esters is 1. The van der Waals surface area contributed by atoms with Gasteiger partial charge in [0.2, 0.25) is 6.29 Å². The van der Waals surface area contributed by atoms with Crippen LogP contribution in [0.5, 0.6) is 0 Å². The molecule has 0 saturated carbocycles. The monoisotopic (exact) mass is 318 g/mol. The first-order valence-corrected chi connectivity index (χ1v) is 7.89. The molecule has 2 N–H and O–H groups in total. The molecule has 0 saturated heterocycles. The lowest BCUT2D eigenvalue weighted by molar-refractivity contribution is -0.176. The topological polar surface area (TPSA) is 85.2 Å². The molecule has 0 aromatic heterocycles. The first-order chi connectivity index (χ1) is 10.6. The van der Waals surface area contributed by atoms with Crippen LogP contribution in [0, 0.1) is 0 Å². The Labute approximate surface area is 133 Å². The van der Waals surface area contributed by atoms with Crippen LogP contribution in [0.25, 0.3) is 0 Å². The van der Waals surface area contributed by atoms with E-state index in [1.165, 1.54) is 0 Å². The number of unbranched alkanes of at least 4 members (excludes halogenated alkanes) is 2. The number of ether oxygens (including phenoxy) is 3. The average Bonchev–Trinajstić information content (AvgIpc) is 2.50. The third kappa shape index (κ3) is 12.8.